The molecule has 0 aliphatic carbocycles. The molecule has 0 bridgehead atoms. The number of aromatic nitrogens is 4. The molecule has 0 atom stereocenters. The summed E-state index contributed by atoms with van der Waals surface area (Å²) in [7, 11) is 0. The molecule has 0 saturated heterocycles. The quantitative estimate of drug-likeness (QED) is 0.205. The maximum absolute atomic E-state index is 5.08. The Bertz CT molecular complexity index is 2590. The van der Waals surface area contributed by atoms with E-state index in [1.165, 1.54) is 66.2 Å². The van der Waals surface area contributed by atoms with Gasteiger partial charge in [0.15, 0.2) is 0 Å². The highest BCUT2D eigenvalue weighted by molar-refractivity contribution is 6.12. The molecule has 1 aliphatic heterocycles. The number of para-hydroxylation sites is 5. The van der Waals surface area contributed by atoms with E-state index in [9.17, 15) is 0 Å². The van der Waals surface area contributed by atoms with Gasteiger partial charge in [0, 0.05) is 32.9 Å². The van der Waals surface area contributed by atoms with E-state index < -0.39 is 0 Å². The van der Waals surface area contributed by atoms with Gasteiger partial charge in [-0.3, -0.25) is 4.57 Å². The Hall–Kier alpha value is -5.61. The molecule has 6 aromatic carbocycles. The smallest absolute Gasteiger partial charge is 0.124 e. The van der Waals surface area contributed by atoms with E-state index in [0.717, 1.165) is 16.9 Å². The summed E-state index contributed by atoms with van der Waals surface area (Å²) in [4.78, 5) is 5.08. The van der Waals surface area contributed by atoms with E-state index in [-0.39, 0.29) is 5.41 Å². The first kappa shape index (κ1) is 23.9. The molecule has 208 valence electrons. The fourth-order valence-electron chi connectivity index (χ4n) is 7.75. The number of hydrogen-bond donors (Lipinski definition) is 0. The zero-order chi connectivity index (χ0) is 29.2. The van der Waals surface area contributed by atoms with Crippen LogP contribution in [0, 0.1) is 0 Å². The highest BCUT2D eigenvalue weighted by Gasteiger charge is 2.39. The second-order valence-corrected chi connectivity index (χ2v) is 12.5. The lowest BCUT2D eigenvalue weighted by Crippen LogP contribution is -2.17. The van der Waals surface area contributed by atoms with E-state index in [2.05, 4.69) is 161 Å². The van der Waals surface area contributed by atoms with Crippen molar-refractivity contribution >= 4 is 54.6 Å². The van der Waals surface area contributed by atoms with Gasteiger partial charge < -0.3 is 9.13 Å². The molecule has 4 nitrogen and oxygen atoms in total. The van der Waals surface area contributed by atoms with Gasteiger partial charge in [-0.15, -0.1) is 0 Å². The predicted octanol–water partition coefficient (Wildman–Crippen LogP) is 9.86. The standard InChI is InChI=1S/C40H28N4/c1-40(2)31-24-26(20-22-37(31)44-38-18-10-6-14-32(38)41-39(40)44)43-35-17-9-5-13-29(35)30-23-25(19-21-36(30)43)42-33-15-7-3-11-27(33)28-12-4-8-16-34(28)42/h3-24H,1-2H3. The Kier molecular flexibility index (Phi) is 4.49. The van der Waals surface area contributed by atoms with Crippen LogP contribution in [0.5, 0.6) is 0 Å². The van der Waals surface area contributed by atoms with Gasteiger partial charge in [-0.2, -0.15) is 0 Å². The summed E-state index contributed by atoms with van der Waals surface area (Å²) in [5.74, 6) is 1.10. The summed E-state index contributed by atoms with van der Waals surface area (Å²) in [6.45, 7) is 4.59. The lowest BCUT2D eigenvalue weighted by molar-refractivity contribution is 0.621. The van der Waals surface area contributed by atoms with Crippen molar-refractivity contribution < 1.29 is 0 Å². The lowest BCUT2D eigenvalue weighted by atomic mass is 9.85. The molecule has 10 rings (SSSR count). The first-order valence-corrected chi connectivity index (χ1v) is 15.2. The van der Waals surface area contributed by atoms with Crippen LogP contribution in [0.4, 0.5) is 0 Å². The molecular formula is C40H28N4. The number of nitrogens with zero attached hydrogens (tertiary/aromatic N) is 4. The SMILES string of the molecule is CC1(C)c2cc(-n3c4ccccc4c4cc(-n5c6ccccc6c6ccccc65)ccc43)ccc2-n2c1nc1ccccc12. The summed E-state index contributed by atoms with van der Waals surface area (Å²) < 4.78 is 7.17. The van der Waals surface area contributed by atoms with Gasteiger partial charge in [-0.05, 0) is 86.1 Å². The Morgan fingerprint density at radius 3 is 1.61 bits per heavy atom. The molecule has 0 saturated carbocycles. The topological polar surface area (TPSA) is 27.7 Å². The fraction of sp³-hybridized carbons (Fsp3) is 0.0750. The minimum atomic E-state index is -0.215. The van der Waals surface area contributed by atoms with E-state index in [4.69, 9.17) is 4.98 Å². The van der Waals surface area contributed by atoms with E-state index in [0.29, 0.717) is 0 Å². The normalized spacial score (nSPS) is 13.9. The van der Waals surface area contributed by atoms with Gasteiger partial charge >= 0.3 is 0 Å². The Morgan fingerprint density at radius 2 is 0.955 bits per heavy atom. The molecule has 0 amide bonds. The van der Waals surface area contributed by atoms with Gasteiger partial charge in [0.25, 0.3) is 0 Å². The van der Waals surface area contributed by atoms with Crippen molar-refractivity contribution in [1.29, 1.82) is 0 Å². The molecule has 0 fully saturated rings. The van der Waals surface area contributed by atoms with Gasteiger partial charge in [0.2, 0.25) is 0 Å². The van der Waals surface area contributed by atoms with E-state index in [1.54, 1.807) is 0 Å². The molecule has 44 heavy (non-hydrogen) atoms. The van der Waals surface area contributed by atoms with Crippen LogP contribution in [0.15, 0.2) is 133 Å². The second-order valence-electron chi connectivity index (χ2n) is 12.5. The van der Waals surface area contributed by atoms with Crippen molar-refractivity contribution in [2.75, 3.05) is 0 Å². The zero-order valence-corrected chi connectivity index (χ0v) is 24.5. The number of hydrogen-bond acceptors (Lipinski definition) is 1. The van der Waals surface area contributed by atoms with Crippen LogP contribution in [0.2, 0.25) is 0 Å². The van der Waals surface area contributed by atoms with Crippen LogP contribution < -0.4 is 0 Å². The van der Waals surface area contributed by atoms with Crippen molar-refractivity contribution in [2.24, 2.45) is 0 Å². The molecule has 4 heteroatoms. The fourth-order valence-corrected chi connectivity index (χ4v) is 7.75. The zero-order valence-electron chi connectivity index (χ0n) is 24.5. The summed E-state index contributed by atoms with van der Waals surface area (Å²) in [5, 5.41) is 5.06. The number of rotatable bonds is 2. The molecular weight excluding hydrogens is 536 g/mol. The molecule has 9 aromatic rings. The Morgan fingerprint density at radius 1 is 0.455 bits per heavy atom. The summed E-state index contributed by atoms with van der Waals surface area (Å²) in [6.07, 6.45) is 0. The van der Waals surface area contributed by atoms with Crippen molar-refractivity contribution in [3.63, 3.8) is 0 Å². The van der Waals surface area contributed by atoms with Gasteiger partial charge in [-0.1, -0.05) is 66.7 Å². The third-order valence-electron chi connectivity index (χ3n) is 9.77. The van der Waals surface area contributed by atoms with E-state index >= 15 is 0 Å². The third kappa shape index (κ3) is 2.95. The molecule has 4 heterocycles. The number of imidazole rings is 1. The second kappa shape index (κ2) is 8.27. The monoisotopic (exact) mass is 564 g/mol. The molecule has 0 spiro atoms. The summed E-state index contributed by atoms with van der Waals surface area (Å²) in [6, 6.07) is 48.5. The van der Waals surface area contributed by atoms with Crippen LogP contribution in [0.3, 0.4) is 0 Å². The highest BCUT2D eigenvalue weighted by atomic mass is 15.1. The van der Waals surface area contributed by atoms with E-state index in [1.807, 2.05) is 0 Å². The average Bonchev–Trinajstić information content (AvgIpc) is 3.77. The minimum Gasteiger partial charge on any atom is -0.309 e. The predicted molar refractivity (Wildman–Crippen MR) is 182 cm³/mol. The maximum Gasteiger partial charge on any atom is 0.124 e. The van der Waals surface area contributed by atoms with Crippen molar-refractivity contribution in [3.05, 3.63) is 145 Å². The summed E-state index contributed by atoms with van der Waals surface area (Å²) in [5.41, 5.74) is 11.7. The van der Waals surface area contributed by atoms with Gasteiger partial charge in [0.05, 0.1) is 44.2 Å². The molecule has 3 aromatic heterocycles. The largest absolute Gasteiger partial charge is 0.309 e. The number of benzene rings is 6. The number of fused-ring (bicyclic) bond motifs is 11. The van der Waals surface area contributed by atoms with Gasteiger partial charge in [-0.25, -0.2) is 4.98 Å². The highest BCUT2D eigenvalue weighted by Crippen LogP contribution is 2.46. The van der Waals surface area contributed by atoms with Crippen LogP contribution >= 0.6 is 0 Å². The van der Waals surface area contributed by atoms with Crippen LogP contribution in [-0.2, 0) is 5.41 Å². The molecule has 1 aliphatic rings. The van der Waals surface area contributed by atoms with Crippen LogP contribution in [0.25, 0.3) is 71.7 Å². The van der Waals surface area contributed by atoms with Crippen molar-refractivity contribution in [2.45, 2.75) is 19.3 Å². The molecule has 0 unspecified atom stereocenters. The van der Waals surface area contributed by atoms with Crippen molar-refractivity contribution in [3.8, 4) is 17.1 Å². The van der Waals surface area contributed by atoms with Crippen molar-refractivity contribution in [1.82, 2.24) is 18.7 Å². The minimum absolute atomic E-state index is 0.215. The Balaban J connectivity index is 1.21. The van der Waals surface area contributed by atoms with Crippen LogP contribution in [-0.4, -0.2) is 18.7 Å². The lowest BCUT2D eigenvalue weighted by Gasteiger charge is -2.19. The maximum atomic E-state index is 5.08. The molecule has 0 radical (unpaired) electrons. The summed E-state index contributed by atoms with van der Waals surface area (Å²) >= 11 is 0. The first-order valence-electron chi connectivity index (χ1n) is 15.2. The molecule has 0 N–H and O–H groups in total. The van der Waals surface area contributed by atoms with Gasteiger partial charge in [0.1, 0.15) is 5.82 Å². The third-order valence-corrected chi connectivity index (χ3v) is 9.77. The van der Waals surface area contributed by atoms with Crippen LogP contribution in [0.1, 0.15) is 25.2 Å². The Labute approximate surface area is 254 Å². The average molecular weight is 565 g/mol. The first-order chi connectivity index (χ1) is 21.6.